The van der Waals surface area contributed by atoms with Crippen LogP contribution < -0.4 is 0 Å². The van der Waals surface area contributed by atoms with Crippen molar-refractivity contribution in [1.82, 2.24) is 0 Å². The van der Waals surface area contributed by atoms with Crippen molar-refractivity contribution in [2.75, 3.05) is 0 Å². The van der Waals surface area contributed by atoms with E-state index < -0.39 is 0 Å². The molecule has 0 heterocycles. The Morgan fingerprint density at radius 1 is 1.44 bits per heavy atom. The maximum Gasteiger partial charge on any atom is 0.0356 e. The first-order valence-corrected chi connectivity index (χ1v) is 4.19. The summed E-state index contributed by atoms with van der Waals surface area (Å²) in [4.78, 5) is 0.562. The van der Waals surface area contributed by atoms with Crippen LogP contribution in [0.3, 0.4) is 0 Å². The average Bonchev–Trinajstić information content (AvgIpc) is 1.99. The highest BCUT2D eigenvalue weighted by atomic mass is 79.9. The third kappa shape index (κ3) is 1.98. The molecule has 0 nitrogen and oxygen atoms in total. The van der Waals surface area contributed by atoms with Crippen molar-refractivity contribution in [2.24, 2.45) is 5.92 Å². The van der Waals surface area contributed by atoms with Gasteiger partial charge >= 0.3 is 0 Å². The Labute approximate surface area is 64.8 Å². The fourth-order valence-electron chi connectivity index (χ4n) is 0.862. The van der Waals surface area contributed by atoms with E-state index in [0.29, 0.717) is 4.83 Å². The van der Waals surface area contributed by atoms with Crippen molar-refractivity contribution in [2.45, 2.75) is 18.2 Å². The van der Waals surface area contributed by atoms with Crippen molar-refractivity contribution < 1.29 is 0 Å². The number of hydrogen-bond acceptors (Lipinski definition) is 0. The smallest absolute Gasteiger partial charge is 0.0356 e. The van der Waals surface area contributed by atoms with Crippen LogP contribution in [0.4, 0.5) is 0 Å². The number of alkyl halides is 1. The van der Waals surface area contributed by atoms with Crippen molar-refractivity contribution >= 4 is 15.9 Å². The first kappa shape index (κ1) is 7.07. The first-order valence-electron chi connectivity index (χ1n) is 3.28. The zero-order valence-electron chi connectivity index (χ0n) is 5.55. The summed E-state index contributed by atoms with van der Waals surface area (Å²) in [5, 5.41) is 0. The molecule has 0 radical (unpaired) electrons. The van der Waals surface area contributed by atoms with Crippen LogP contribution in [0, 0.1) is 5.92 Å². The third-order valence-corrected chi connectivity index (χ3v) is 2.80. The normalized spacial score (nSPS) is 34.4. The van der Waals surface area contributed by atoms with E-state index in [1.165, 1.54) is 6.42 Å². The van der Waals surface area contributed by atoms with E-state index in [-0.39, 0.29) is 0 Å². The fraction of sp³-hybridized carbons (Fsp3) is 0.500. The molecule has 2 atom stereocenters. The van der Waals surface area contributed by atoms with Gasteiger partial charge in [-0.05, 0) is 12.3 Å². The largest absolute Gasteiger partial charge is 0.0842 e. The minimum atomic E-state index is 0.562. The lowest BCUT2D eigenvalue weighted by atomic mass is 10.1. The second-order valence-corrected chi connectivity index (χ2v) is 3.53. The van der Waals surface area contributed by atoms with Gasteiger partial charge in [0, 0.05) is 4.83 Å². The third-order valence-electron chi connectivity index (χ3n) is 1.59. The summed E-state index contributed by atoms with van der Waals surface area (Å²) in [5.74, 6) is 0.736. The maximum absolute atomic E-state index is 3.58. The fourth-order valence-corrected chi connectivity index (χ4v) is 1.25. The van der Waals surface area contributed by atoms with E-state index in [9.17, 15) is 0 Å². The van der Waals surface area contributed by atoms with Gasteiger partial charge in [-0.15, -0.1) is 0 Å². The molecule has 0 saturated carbocycles. The van der Waals surface area contributed by atoms with Crippen molar-refractivity contribution in [3.8, 4) is 0 Å². The molecule has 2 unspecified atom stereocenters. The molecule has 0 amide bonds. The zero-order chi connectivity index (χ0) is 6.69. The van der Waals surface area contributed by atoms with E-state index in [4.69, 9.17) is 0 Å². The molecule has 0 aliphatic heterocycles. The Kier molecular flexibility index (Phi) is 2.52. The van der Waals surface area contributed by atoms with Gasteiger partial charge in [-0.3, -0.25) is 0 Å². The van der Waals surface area contributed by atoms with Crippen LogP contribution in [0.25, 0.3) is 0 Å². The van der Waals surface area contributed by atoms with Gasteiger partial charge < -0.3 is 0 Å². The molecule has 1 aliphatic carbocycles. The summed E-state index contributed by atoms with van der Waals surface area (Å²) in [7, 11) is 0. The van der Waals surface area contributed by atoms with Crippen LogP contribution in [-0.2, 0) is 0 Å². The molecule has 0 bridgehead atoms. The van der Waals surface area contributed by atoms with Gasteiger partial charge in [0.05, 0.1) is 0 Å². The highest BCUT2D eigenvalue weighted by molar-refractivity contribution is 9.09. The quantitative estimate of drug-likeness (QED) is 0.511. The van der Waals surface area contributed by atoms with Gasteiger partial charge in [-0.2, -0.15) is 0 Å². The zero-order valence-corrected chi connectivity index (χ0v) is 7.14. The molecule has 1 rings (SSSR count). The van der Waals surface area contributed by atoms with E-state index in [0.717, 1.165) is 5.92 Å². The van der Waals surface area contributed by atoms with Crippen LogP contribution in [0.15, 0.2) is 24.3 Å². The molecule has 0 spiro atoms. The van der Waals surface area contributed by atoms with Gasteiger partial charge in [0.1, 0.15) is 0 Å². The number of halogens is 1. The monoisotopic (exact) mass is 186 g/mol. The highest BCUT2D eigenvalue weighted by Gasteiger charge is 2.09. The Morgan fingerprint density at radius 2 is 2.22 bits per heavy atom. The summed E-state index contributed by atoms with van der Waals surface area (Å²) in [6, 6.07) is 0. The minimum Gasteiger partial charge on any atom is -0.0842 e. The standard InChI is InChI=1S/C8H11Br/c1-7-5-3-2-4-6-8(7)9/h2-4,6-8H,5H2,1H3. The van der Waals surface area contributed by atoms with Gasteiger partial charge in [0.2, 0.25) is 0 Å². The van der Waals surface area contributed by atoms with Crippen LogP contribution in [0.5, 0.6) is 0 Å². The van der Waals surface area contributed by atoms with Crippen LogP contribution in [0.2, 0.25) is 0 Å². The molecule has 50 valence electrons. The summed E-state index contributed by atoms with van der Waals surface area (Å²) in [6.45, 7) is 2.25. The molecule has 9 heavy (non-hydrogen) atoms. The molecule has 0 fully saturated rings. The number of allylic oxidation sites excluding steroid dienone is 4. The molecule has 0 aromatic heterocycles. The molecule has 1 heteroatoms. The van der Waals surface area contributed by atoms with Gasteiger partial charge in [0.15, 0.2) is 0 Å². The maximum atomic E-state index is 3.58. The van der Waals surface area contributed by atoms with Crippen LogP contribution >= 0.6 is 15.9 Å². The Hall–Kier alpha value is -0.0400. The second-order valence-electron chi connectivity index (χ2n) is 2.47. The lowest BCUT2D eigenvalue weighted by molar-refractivity contribution is 0.626. The van der Waals surface area contributed by atoms with Crippen molar-refractivity contribution in [3.05, 3.63) is 24.3 Å². The summed E-state index contributed by atoms with van der Waals surface area (Å²) >= 11 is 3.58. The Morgan fingerprint density at radius 3 is 3.00 bits per heavy atom. The molecular formula is C8H11Br. The number of hydrogen-bond donors (Lipinski definition) is 0. The van der Waals surface area contributed by atoms with E-state index in [1.54, 1.807) is 0 Å². The summed E-state index contributed by atoms with van der Waals surface area (Å²) in [6.07, 6.45) is 9.79. The van der Waals surface area contributed by atoms with Gasteiger partial charge in [-0.25, -0.2) is 0 Å². The molecule has 0 saturated heterocycles. The predicted octanol–water partition coefficient (Wildman–Crippen LogP) is 2.90. The average molecular weight is 187 g/mol. The number of rotatable bonds is 0. The lowest BCUT2D eigenvalue weighted by Crippen LogP contribution is -2.04. The second kappa shape index (κ2) is 3.21. The Bertz CT molecular complexity index is 136. The van der Waals surface area contributed by atoms with E-state index >= 15 is 0 Å². The van der Waals surface area contributed by atoms with E-state index in [2.05, 4.69) is 47.2 Å². The molecular weight excluding hydrogens is 176 g/mol. The Balaban J connectivity index is 2.58. The molecule has 0 N–H and O–H groups in total. The van der Waals surface area contributed by atoms with Gasteiger partial charge in [-0.1, -0.05) is 47.2 Å². The van der Waals surface area contributed by atoms with Crippen LogP contribution in [-0.4, -0.2) is 4.83 Å². The SMILES string of the molecule is CC1CC=CC=CC1Br. The first-order chi connectivity index (χ1) is 4.30. The molecule has 0 aromatic rings. The molecule has 0 aromatic carbocycles. The minimum absolute atomic E-state index is 0.562. The van der Waals surface area contributed by atoms with Crippen molar-refractivity contribution in [1.29, 1.82) is 0 Å². The van der Waals surface area contributed by atoms with Gasteiger partial charge in [0.25, 0.3) is 0 Å². The topological polar surface area (TPSA) is 0 Å². The summed E-state index contributed by atoms with van der Waals surface area (Å²) < 4.78 is 0. The van der Waals surface area contributed by atoms with Crippen molar-refractivity contribution in [3.63, 3.8) is 0 Å². The summed E-state index contributed by atoms with van der Waals surface area (Å²) in [5.41, 5.74) is 0. The highest BCUT2D eigenvalue weighted by Crippen LogP contribution is 2.20. The predicted molar refractivity (Wildman–Crippen MR) is 44.8 cm³/mol. The van der Waals surface area contributed by atoms with E-state index in [1.807, 2.05) is 0 Å². The lowest BCUT2D eigenvalue weighted by Gasteiger charge is -2.09. The van der Waals surface area contributed by atoms with Crippen LogP contribution in [0.1, 0.15) is 13.3 Å². The molecule has 1 aliphatic rings.